The van der Waals surface area contributed by atoms with Gasteiger partial charge in [-0.3, -0.25) is 9.58 Å². The SMILES string of the molecule is Cn1ncc(Br)c1CN(C(=O)OC(C)(C)C)C1CCCCC1. The molecule has 2 rings (SSSR count). The number of halogens is 1. The van der Waals surface area contributed by atoms with Gasteiger partial charge in [0.25, 0.3) is 0 Å². The first-order valence-electron chi connectivity index (χ1n) is 7.94. The molecule has 124 valence electrons. The van der Waals surface area contributed by atoms with Crippen LogP contribution in [0.4, 0.5) is 4.79 Å². The number of carbonyl (C=O) groups is 1. The molecule has 1 aliphatic rings. The van der Waals surface area contributed by atoms with Crippen LogP contribution in [0.2, 0.25) is 0 Å². The fourth-order valence-corrected chi connectivity index (χ4v) is 3.30. The summed E-state index contributed by atoms with van der Waals surface area (Å²) in [7, 11) is 1.90. The maximum atomic E-state index is 12.7. The van der Waals surface area contributed by atoms with Crippen molar-refractivity contribution in [2.75, 3.05) is 0 Å². The number of hydrogen-bond acceptors (Lipinski definition) is 3. The Morgan fingerprint density at radius 3 is 2.55 bits per heavy atom. The summed E-state index contributed by atoms with van der Waals surface area (Å²) in [4.78, 5) is 14.5. The second-order valence-electron chi connectivity index (χ2n) is 6.96. The van der Waals surface area contributed by atoms with E-state index in [1.54, 1.807) is 6.20 Å². The van der Waals surface area contributed by atoms with Crippen LogP contribution in [0.25, 0.3) is 0 Å². The molecule has 0 spiro atoms. The van der Waals surface area contributed by atoms with E-state index >= 15 is 0 Å². The lowest BCUT2D eigenvalue weighted by Gasteiger charge is -2.35. The minimum absolute atomic E-state index is 0.229. The molecule has 5 nitrogen and oxygen atoms in total. The van der Waals surface area contributed by atoms with Gasteiger partial charge in [0, 0.05) is 13.1 Å². The predicted molar refractivity (Wildman–Crippen MR) is 89.6 cm³/mol. The van der Waals surface area contributed by atoms with Gasteiger partial charge in [-0.15, -0.1) is 0 Å². The molecule has 0 atom stereocenters. The zero-order chi connectivity index (χ0) is 16.3. The standard InChI is InChI=1S/C16H26BrN3O2/c1-16(2,3)22-15(21)20(12-8-6-5-7-9-12)11-14-13(17)10-18-19(14)4/h10,12H,5-9,11H2,1-4H3. The zero-order valence-electron chi connectivity index (χ0n) is 13.9. The number of nitrogens with zero attached hydrogens (tertiary/aromatic N) is 3. The number of hydrogen-bond donors (Lipinski definition) is 0. The molecular formula is C16H26BrN3O2. The van der Waals surface area contributed by atoms with E-state index in [1.165, 1.54) is 19.3 Å². The van der Waals surface area contributed by atoms with Gasteiger partial charge in [-0.05, 0) is 49.5 Å². The van der Waals surface area contributed by atoms with Crippen LogP contribution < -0.4 is 0 Å². The van der Waals surface area contributed by atoms with Crippen LogP contribution in [-0.4, -0.2) is 32.4 Å². The Hall–Kier alpha value is -1.04. The number of amides is 1. The summed E-state index contributed by atoms with van der Waals surface area (Å²) in [5.41, 5.74) is 0.518. The Morgan fingerprint density at radius 2 is 2.05 bits per heavy atom. The number of ether oxygens (including phenoxy) is 1. The number of rotatable bonds is 3. The zero-order valence-corrected chi connectivity index (χ0v) is 15.5. The van der Waals surface area contributed by atoms with Crippen molar-refractivity contribution in [3.63, 3.8) is 0 Å². The van der Waals surface area contributed by atoms with Gasteiger partial charge in [-0.25, -0.2) is 4.79 Å². The van der Waals surface area contributed by atoms with Gasteiger partial charge in [-0.1, -0.05) is 19.3 Å². The third-order valence-corrected chi connectivity index (χ3v) is 4.64. The van der Waals surface area contributed by atoms with Crippen molar-refractivity contribution >= 4 is 22.0 Å². The van der Waals surface area contributed by atoms with Crippen LogP contribution in [0.15, 0.2) is 10.7 Å². The molecule has 1 heterocycles. The maximum Gasteiger partial charge on any atom is 0.410 e. The minimum Gasteiger partial charge on any atom is -0.444 e. The fraction of sp³-hybridized carbons (Fsp3) is 0.750. The highest BCUT2D eigenvalue weighted by atomic mass is 79.9. The minimum atomic E-state index is -0.478. The molecular weight excluding hydrogens is 346 g/mol. The third kappa shape index (κ3) is 4.48. The first-order chi connectivity index (χ1) is 10.3. The lowest BCUT2D eigenvalue weighted by molar-refractivity contribution is 0.00928. The van der Waals surface area contributed by atoms with E-state index in [9.17, 15) is 4.79 Å². The van der Waals surface area contributed by atoms with Crippen LogP contribution in [0, 0.1) is 0 Å². The number of aryl methyl sites for hydroxylation is 1. The van der Waals surface area contributed by atoms with E-state index in [4.69, 9.17) is 4.74 Å². The molecule has 1 saturated carbocycles. The molecule has 0 saturated heterocycles. The Labute approximate surface area is 141 Å². The van der Waals surface area contributed by atoms with E-state index in [1.807, 2.05) is 37.4 Å². The monoisotopic (exact) mass is 371 g/mol. The molecule has 0 N–H and O–H groups in total. The highest BCUT2D eigenvalue weighted by Gasteiger charge is 2.30. The van der Waals surface area contributed by atoms with Crippen molar-refractivity contribution in [1.82, 2.24) is 14.7 Å². The Bertz CT molecular complexity index is 496. The van der Waals surface area contributed by atoms with Gasteiger partial charge in [0.2, 0.25) is 0 Å². The normalized spacial score (nSPS) is 16.6. The molecule has 0 bridgehead atoms. The Kier molecular flexibility index (Phi) is 5.53. The van der Waals surface area contributed by atoms with Gasteiger partial charge >= 0.3 is 6.09 Å². The van der Waals surface area contributed by atoms with Crippen LogP contribution >= 0.6 is 15.9 Å². The van der Waals surface area contributed by atoms with Crippen molar-refractivity contribution < 1.29 is 9.53 Å². The average molecular weight is 372 g/mol. The molecule has 22 heavy (non-hydrogen) atoms. The van der Waals surface area contributed by atoms with Gasteiger partial charge in [0.05, 0.1) is 22.9 Å². The van der Waals surface area contributed by atoms with Crippen LogP contribution in [0.3, 0.4) is 0 Å². The van der Waals surface area contributed by atoms with Crippen molar-refractivity contribution in [3.05, 3.63) is 16.4 Å². The fourth-order valence-electron chi connectivity index (χ4n) is 2.83. The van der Waals surface area contributed by atoms with E-state index in [-0.39, 0.29) is 12.1 Å². The molecule has 1 amide bonds. The molecule has 0 unspecified atom stereocenters. The summed E-state index contributed by atoms with van der Waals surface area (Å²) in [6.45, 7) is 6.24. The van der Waals surface area contributed by atoms with Crippen LogP contribution in [-0.2, 0) is 18.3 Å². The van der Waals surface area contributed by atoms with E-state index in [2.05, 4.69) is 21.0 Å². The molecule has 0 radical (unpaired) electrons. The highest BCUT2D eigenvalue weighted by molar-refractivity contribution is 9.10. The van der Waals surface area contributed by atoms with Crippen molar-refractivity contribution in [3.8, 4) is 0 Å². The highest BCUT2D eigenvalue weighted by Crippen LogP contribution is 2.27. The Morgan fingerprint density at radius 1 is 1.41 bits per heavy atom. The summed E-state index contributed by atoms with van der Waals surface area (Å²) in [6, 6.07) is 0.255. The number of carbonyl (C=O) groups excluding carboxylic acids is 1. The topological polar surface area (TPSA) is 47.4 Å². The van der Waals surface area contributed by atoms with Gasteiger partial charge in [0.1, 0.15) is 5.60 Å². The lowest BCUT2D eigenvalue weighted by Crippen LogP contribution is -2.44. The summed E-state index contributed by atoms with van der Waals surface area (Å²) in [6.07, 6.45) is 7.25. The number of aromatic nitrogens is 2. The molecule has 1 aliphatic carbocycles. The van der Waals surface area contributed by atoms with Gasteiger partial charge in [0.15, 0.2) is 0 Å². The lowest BCUT2D eigenvalue weighted by atomic mass is 9.94. The molecule has 0 aliphatic heterocycles. The molecule has 1 aromatic rings. The first-order valence-corrected chi connectivity index (χ1v) is 8.73. The molecule has 0 aromatic carbocycles. The summed E-state index contributed by atoms with van der Waals surface area (Å²) >= 11 is 3.52. The summed E-state index contributed by atoms with van der Waals surface area (Å²) < 4.78 is 8.36. The molecule has 6 heteroatoms. The Balaban J connectivity index is 2.19. The van der Waals surface area contributed by atoms with Gasteiger partial charge < -0.3 is 4.74 Å². The molecule has 1 fully saturated rings. The van der Waals surface area contributed by atoms with Crippen LogP contribution in [0.1, 0.15) is 58.6 Å². The van der Waals surface area contributed by atoms with E-state index in [0.717, 1.165) is 23.0 Å². The summed E-state index contributed by atoms with van der Waals surface area (Å²) in [5.74, 6) is 0. The second-order valence-corrected chi connectivity index (χ2v) is 7.82. The van der Waals surface area contributed by atoms with E-state index < -0.39 is 5.60 Å². The quantitative estimate of drug-likeness (QED) is 0.797. The average Bonchev–Trinajstić information content (AvgIpc) is 2.74. The summed E-state index contributed by atoms with van der Waals surface area (Å²) in [5, 5.41) is 4.24. The first kappa shape index (κ1) is 17.3. The second kappa shape index (κ2) is 7.02. The van der Waals surface area contributed by atoms with Crippen molar-refractivity contribution in [1.29, 1.82) is 0 Å². The van der Waals surface area contributed by atoms with Gasteiger partial charge in [-0.2, -0.15) is 5.10 Å². The third-order valence-electron chi connectivity index (χ3n) is 3.97. The smallest absolute Gasteiger partial charge is 0.410 e. The largest absolute Gasteiger partial charge is 0.444 e. The van der Waals surface area contributed by atoms with Crippen LogP contribution in [0.5, 0.6) is 0 Å². The van der Waals surface area contributed by atoms with Crippen molar-refractivity contribution in [2.24, 2.45) is 7.05 Å². The van der Waals surface area contributed by atoms with Crippen molar-refractivity contribution in [2.45, 2.75) is 71.1 Å². The maximum absolute atomic E-state index is 12.7. The van der Waals surface area contributed by atoms with E-state index in [0.29, 0.717) is 6.54 Å². The molecule has 1 aromatic heterocycles. The predicted octanol–water partition coefficient (Wildman–Crippen LogP) is 4.25.